The van der Waals surface area contributed by atoms with Crippen LogP contribution in [0.15, 0.2) is 158 Å². The van der Waals surface area contributed by atoms with Gasteiger partial charge in [0.25, 0.3) is 0 Å². The van der Waals surface area contributed by atoms with Crippen LogP contribution in [0.3, 0.4) is 0 Å². The number of rotatable bonds is 12. The largest absolute Gasteiger partial charge is 0.335 e. The van der Waals surface area contributed by atoms with Crippen molar-refractivity contribution in [3.05, 3.63) is 158 Å². The molecular weight excluding hydrogens is 711 g/mol. The molecule has 3 heterocycles. The molecule has 0 amide bonds. The second-order valence-corrected chi connectivity index (χ2v) is 15.2. The minimum atomic E-state index is -0.0873. The van der Waals surface area contributed by atoms with Gasteiger partial charge in [-0.3, -0.25) is 0 Å². The minimum Gasteiger partial charge on any atom is -0.335 e. The highest BCUT2D eigenvalue weighted by Crippen LogP contribution is 2.42. The third-order valence-corrected chi connectivity index (χ3v) is 11.1. The molecule has 1 unspecified atom stereocenters. The molecule has 0 fully saturated rings. The second-order valence-electron chi connectivity index (χ2n) is 15.2. The Hall–Kier alpha value is -6.86. The first-order valence-corrected chi connectivity index (χ1v) is 20.3. The highest BCUT2D eigenvalue weighted by atomic mass is 15.1. The van der Waals surface area contributed by atoms with Crippen molar-refractivity contribution in [1.29, 1.82) is 0 Å². The maximum Gasteiger partial charge on any atom is 0.164 e. The molecule has 0 aliphatic rings. The van der Waals surface area contributed by atoms with Crippen molar-refractivity contribution < 1.29 is 0 Å². The van der Waals surface area contributed by atoms with Gasteiger partial charge in [-0.2, -0.15) is 0 Å². The summed E-state index contributed by atoms with van der Waals surface area (Å²) in [6.45, 7) is 7.00. The Balaban J connectivity index is 1.28. The average molecular weight is 756 g/mol. The molecule has 7 nitrogen and oxygen atoms in total. The van der Waals surface area contributed by atoms with Gasteiger partial charge in [0, 0.05) is 60.7 Å². The predicted octanol–water partition coefficient (Wildman–Crippen LogP) is 12.9. The molecule has 58 heavy (non-hydrogen) atoms. The Morgan fingerprint density at radius 1 is 0.379 bits per heavy atom. The Kier molecular flexibility index (Phi) is 10.1. The monoisotopic (exact) mass is 755 g/mol. The van der Waals surface area contributed by atoms with Gasteiger partial charge in [0.2, 0.25) is 0 Å². The Morgan fingerprint density at radius 3 is 1.02 bits per heavy atom. The summed E-state index contributed by atoms with van der Waals surface area (Å²) in [5.41, 5.74) is 7.92. The summed E-state index contributed by atoms with van der Waals surface area (Å²) < 4.78 is 2.60. The van der Waals surface area contributed by atoms with Crippen molar-refractivity contribution >= 4 is 21.8 Å². The molecule has 0 bridgehead atoms. The SMILES string of the molecule is CCCCC(C)(CCC)n1c2ccc(-c3nc(-c4ccccc4)nc(-c4ccccc4)n3)cc2c2cc(-c3nc(-c4ccccc4)nc(-c4ccccc4)n3)ccc21. The van der Waals surface area contributed by atoms with Crippen molar-refractivity contribution in [3.8, 4) is 68.3 Å². The summed E-state index contributed by atoms with van der Waals surface area (Å²) >= 11 is 0. The molecule has 0 spiro atoms. The molecule has 6 aromatic carbocycles. The van der Waals surface area contributed by atoms with Gasteiger partial charge in [0.05, 0.1) is 0 Å². The smallest absolute Gasteiger partial charge is 0.164 e. The lowest BCUT2D eigenvalue weighted by atomic mass is 9.89. The van der Waals surface area contributed by atoms with Gasteiger partial charge >= 0.3 is 0 Å². The van der Waals surface area contributed by atoms with Gasteiger partial charge in [-0.25, -0.2) is 29.9 Å². The van der Waals surface area contributed by atoms with Crippen LogP contribution in [0.5, 0.6) is 0 Å². The van der Waals surface area contributed by atoms with Crippen LogP contribution in [0.2, 0.25) is 0 Å². The van der Waals surface area contributed by atoms with Crippen LogP contribution < -0.4 is 0 Å². The van der Waals surface area contributed by atoms with Gasteiger partial charge in [0.1, 0.15) is 0 Å². The number of benzene rings is 6. The van der Waals surface area contributed by atoms with E-state index in [0.717, 1.165) is 76.3 Å². The maximum absolute atomic E-state index is 5.10. The minimum absolute atomic E-state index is 0.0873. The Bertz CT molecular complexity index is 2540. The normalized spacial score (nSPS) is 12.5. The zero-order valence-electron chi connectivity index (χ0n) is 33.2. The molecule has 9 rings (SSSR count). The summed E-state index contributed by atoms with van der Waals surface area (Å²) in [6.07, 6.45) is 5.53. The summed E-state index contributed by atoms with van der Waals surface area (Å²) in [6, 6.07) is 54.0. The number of fused-ring (bicyclic) bond motifs is 3. The lowest BCUT2D eigenvalue weighted by molar-refractivity contribution is 0.276. The topological polar surface area (TPSA) is 82.3 Å². The molecule has 0 saturated heterocycles. The van der Waals surface area contributed by atoms with Gasteiger partial charge < -0.3 is 4.57 Å². The van der Waals surface area contributed by atoms with Crippen LogP contribution in [0.4, 0.5) is 0 Å². The standard InChI is InChI=1S/C51H45N7/c1-4-6-32-51(3,31-5-2)58-43-29-27-39(49-54-45(35-19-11-7-12-20-35)52-46(55-49)36-21-13-8-14-22-36)33-41(43)42-34-40(28-30-44(42)58)50-56-47(37-23-15-9-16-24-37)53-48(57-50)38-25-17-10-18-26-38/h7-30,33-34H,4-6,31-32H2,1-3H3. The molecular formula is C51H45N7. The first-order valence-electron chi connectivity index (χ1n) is 20.3. The van der Waals surface area contributed by atoms with Crippen molar-refractivity contribution in [2.24, 2.45) is 0 Å². The molecule has 284 valence electrons. The van der Waals surface area contributed by atoms with Crippen LogP contribution in [0, 0.1) is 0 Å². The first kappa shape index (κ1) is 36.8. The van der Waals surface area contributed by atoms with Gasteiger partial charge in [0.15, 0.2) is 34.9 Å². The fourth-order valence-electron chi connectivity index (χ4n) is 8.20. The van der Waals surface area contributed by atoms with Crippen LogP contribution in [-0.2, 0) is 5.54 Å². The van der Waals surface area contributed by atoms with E-state index in [1.165, 1.54) is 11.0 Å². The van der Waals surface area contributed by atoms with Gasteiger partial charge in [-0.1, -0.05) is 154 Å². The van der Waals surface area contributed by atoms with E-state index in [1.54, 1.807) is 0 Å². The third-order valence-electron chi connectivity index (χ3n) is 11.1. The maximum atomic E-state index is 5.10. The summed E-state index contributed by atoms with van der Waals surface area (Å²) in [7, 11) is 0. The van der Waals surface area contributed by atoms with Crippen LogP contribution >= 0.6 is 0 Å². The fraction of sp³-hybridized carbons (Fsp3) is 0.176. The summed E-state index contributed by atoms with van der Waals surface area (Å²) in [5, 5.41) is 2.27. The number of unbranched alkanes of at least 4 members (excludes halogenated alkanes) is 1. The molecule has 0 aliphatic heterocycles. The van der Waals surface area contributed by atoms with E-state index in [4.69, 9.17) is 29.9 Å². The molecule has 3 aromatic heterocycles. The van der Waals surface area contributed by atoms with Gasteiger partial charge in [-0.05, 0) is 56.2 Å². The van der Waals surface area contributed by atoms with Crippen molar-refractivity contribution in [2.45, 2.75) is 58.4 Å². The number of nitrogens with zero attached hydrogens (tertiary/aromatic N) is 7. The van der Waals surface area contributed by atoms with E-state index >= 15 is 0 Å². The van der Waals surface area contributed by atoms with Crippen molar-refractivity contribution in [2.75, 3.05) is 0 Å². The molecule has 0 saturated carbocycles. The summed E-state index contributed by atoms with van der Waals surface area (Å²) in [5.74, 6) is 3.83. The zero-order valence-corrected chi connectivity index (χ0v) is 33.2. The van der Waals surface area contributed by atoms with Crippen molar-refractivity contribution in [3.63, 3.8) is 0 Å². The molecule has 0 N–H and O–H groups in total. The van der Waals surface area contributed by atoms with E-state index in [1.807, 2.05) is 121 Å². The lowest BCUT2D eigenvalue weighted by Crippen LogP contribution is -2.29. The van der Waals surface area contributed by atoms with E-state index in [-0.39, 0.29) is 5.54 Å². The molecule has 0 aliphatic carbocycles. The van der Waals surface area contributed by atoms with Crippen LogP contribution in [-0.4, -0.2) is 34.5 Å². The lowest BCUT2D eigenvalue weighted by Gasteiger charge is -2.33. The zero-order chi connectivity index (χ0) is 39.5. The number of hydrogen-bond donors (Lipinski definition) is 0. The predicted molar refractivity (Wildman–Crippen MR) is 237 cm³/mol. The van der Waals surface area contributed by atoms with E-state index in [0.29, 0.717) is 34.9 Å². The Morgan fingerprint density at radius 2 is 0.707 bits per heavy atom. The quantitative estimate of drug-likeness (QED) is 0.123. The van der Waals surface area contributed by atoms with E-state index in [2.05, 4.69) is 61.7 Å². The molecule has 0 radical (unpaired) electrons. The molecule has 7 heteroatoms. The second kappa shape index (κ2) is 15.9. The fourth-order valence-corrected chi connectivity index (χ4v) is 8.20. The molecule has 1 atom stereocenters. The molecule has 9 aromatic rings. The first-order chi connectivity index (χ1) is 28.5. The number of aromatic nitrogens is 7. The number of hydrogen-bond acceptors (Lipinski definition) is 6. The Labute approximate surface area is 339 Å². The van der Waals surface area contributed by atoms with E-state index in [9.17, 15) is 0 Å². The summed E-state index contributed by atoms with van der Waals surface area (Å²) in [4.78, 5) is 30.3. The highest BCUT2D eigenvalue weighted by Gasteiger charge is 2.29. The van der Waals surface area contributed by atoms with Crippen LogP contribution in [0.1, 0.15) is 52.9 Å². The van der Waals surface area contributed by atoms with Crippen LogP contribution in [0.25, 0.3) is 90.1 Å². The average Bonchev–Trinajstić information content (AvgIpc) is 3.63. The van der Waals surface area contributed by atoms with Crippen molar-refractivity contribution in [1.82, 2.24) is 34.5 Å². The highest BCUT2D eigenvalue weighted by molar-refractivity contribution is 6.10. The van der Waals surface area contributed by atoms with Gasteiger partial charge in [-0.15, -0.1) is 0 Å². The van der Waals surface area contributed by atoms with E-state index < -0.39 is 0 Å². The third kappa shape index (κ3) is 7.16.